The van der Waals surface area contributed by atoms with Crippen LogP contribution in [0.25, 0.3) is 11.1 Å². The number of benzene rings is 2. The summed E-state index contributed by atoms with van der Waals surface area (Å²) in [5, 5.41) is -0.476. The summed E-state index contributed by atoms with van der Waals surface area (Å²) in [6.07, 6.45) is 3.69. The van der Waals surface area contributed by atoms with E-state index in [0.717, 1.165) is 40.8 Å². The number of aryl methyl sites for hydroxylation is 1. The number of sulfone groups is 1. The summed E-state index contributed by atoms with van der Waals surface area (Å²) >= 11 is 0. The molecule has 1 aromatic heterocycles. The monoisotopic (exact) mass is 477 g/mol. The lowest BCUT2D eigenvalue weighted by atomic mass is 9.87. The first-order chi connectivity index (χ1) is 16.2. The van der Waals surface area contributed by atoms with E-state index >= 15 is 0 Å². The molecule has 5 rings (SSSR count). The van der Waals surface area contributed by atoms with Gasteiger partial charge in [-0.2, -0.15) is 0 Å². The SMILES string of the molecule is Cc1ncc(CC(=O)C2(c3ccc4c(c3)OCO4)CC2)cc1-c1ccc(S(=O)(=O)C(C)C)cc1. The van der Waals surface area contributed by atoms with E-state index in [2.05, 4.69) is 4.98 Å². The number of fused-ring (bicyclic) bond motifs is 1. The number of ketones is 1. The highest BCUT2D eigenvalue weighted by Gasteiger charge is 2.50. The largest absolute Gasteiger partial charge is 0.454 e. The number of hydrogen-bond donors (Lipinski definition) is 0. The minimum Gasteiger partial charge on any atom is -0.454 e. The zero-order chi connectivity index (χ0) is 24.1. The highest BCUT2D eigenvalue weighted by molar-refractivity contribution is 7.92. The summed E-state index contributed by atoms with van der Waals surface area (Å²) < 4.78 is 35.8. The highest BCUT2D eigenvalue weighted by Crippen LogP contribution is 2.51. The summed E-state index contributed by atoms with van der Waals surface area (Å²) in [5.41, 5.74) is 3.94. The molecular weight excluding hydrogens is 450 g/mol. The summed E-state index contributed by atoms with van der Waals surface area (Å²) in [4.78, 5) is 18.2. The average Bonchev–Trinajstić information content (AvgIpc) is 3.51. The van der Waals surface area contributed by atoms with Crippen LogP contribution in [-0.4, -0.2) is 31.2 Å². The summed E-state index contributed by atoms with van der Waals surface area (Å²) in [5.74, 6) is 1.58. The Labute approximate surface area is 199 Å². The van der Waals surface area contributed by atoms with Gasteiger partial charge in [0.25, 0.3) is 0 Å². The minimum atomic E-state index is -3.33. The van der Waals surface area contributed by atoms with Gasteiger partial charge in [0.1, 0.15) is 5.78 Å². The smallest absolute Gasteiger partial charge is 0.231 e. The van der Waals surface area contributed by atoms with Gasteiger partial charge in [-0.15, -0.1) is 0 Å². The molecule has 1 aliphatic carbocycles. The summed E-state index contributed by atoms with van der Waals surface area (Å²) in [6.45, 7) is 5.47. The number of pyridine rings is 1. The van der Waals surface area contributed by atoms with Crippen molar-refractivity contribution in [2.45, 2.75) is 55.6 Å². The maximum atomic E-state index is 13.4. The Morgan fingerprint density at radius 2 is 1.74 bits per heavy atom. The molecule has 1 aliphatic heterocycles. The van der Waals surface area contributed by atoms with E-state index < -0.39 is 20.5 Å². The van der Waals surface area contributed by atoms with Gasteiger partial charge in [0.2, 0.25) is 6.79 Å². The minimum absolute atomic E-state index is 0.168. The second-order valence-corrected chi connectivity index (χ2v) is 11.8. The third-order valence-electron chi connectivity index (χ3n) is 6.83. The lowest BCUT2D eigenvalue weighted by molar-refractivity contribution is -0.120. The van der Waals surface area contributed by atoms with E-state index in [-0.39, 0.29) is 19.0 Å². The van der Waals surface area contributed by atoms with Gasteiger partial charge in [-0.05, 0) is 80.6 Å². The van der Waals surface area contributed by atoms with Crippen LogP contribution in [0.15, 0.2) is 59.6 Å². The van der Waals surface area contributed by atoms with Gasteiger partial charge in [-0.25, -0.2) is 8.42 Å². The zero-order valence-corrected chi connectivity index (χ0v) is 20.3. The second kappa shape index (κ2) is 8.24. The summed E-state index contributed by atoms with van der Waals surface area (Å²) in [6, 6.07) is 14.6. The molecule has 3 aromatic rings. The van der Waals surface area contributed by atoms with Gasteiger partial charge in [0.05, 0.1) is 15.6 Å². The van der Waals surface area contributed by atoms with Gasteiger partial charge in [0, 0.05) is 23.9 Å². The Morgan fingerprint density at radius 3 is 2.41 bits per heavy atom. The molecule has 176 valence electrons. The van der Waals surface area contributed by atoms with Crippen LogP contribution in [0.4, 0.5) is 0 Å². The van der Waals surface area contributed by atoms with Gasteiger partial charge < -0.3 is 9.47 Å². The van der Waals surface area contributed by atoms with Crippen LogP contribution in [0.1, 0.15) is 43.5 Å². The molecule has 0 amide bonds. The molecule has 2 aromatic carbocycles. The fraction of sp³-hybridized carbons (Fsp3) is 0.333. The molecule has 2 heterocycles. The number of rotatable bonds is 7. The van der Waals surface area contributed by atoms with E-state index in [4.69, 9.17) is 9.47 Å². The number of carbonyl (C=O) groups is 1. The second-order valence-electron chi connectivity index (χ2n) is 9.34. The van der Waals surface area contributed by atoms with Crippen LogP contribution in [0.5, 0.6) is 11.5 Å². The molecule has 7 heteroatoms. The standard InChI is InChI=1S/C27H27NO5S/c1-17(2)34(30,31)22-7-4-20(5-8-22)23-12-19(15-28-18(23)3)13-26(29)27(10-11-27)21-6-9-24-25(14-21)33-16-32-24/h4-9,12,14-15,17H,10-11,13,16H2,1-3H3. The highest BCUT2D eigenvalue weighted by atomic mass is 32.2. The molecule has 34 heavy (non-hydrogen) atoms. The predicted octanol–water partition coefficient (Wildman–Crippen LogP) is 4.81. The van der Waals surface area contributed by atoms with Gasteiger partial charge >= 0.3 is 0 Å². The third-order valence-corrected chi connectivity index (χ3v) is 9.00. The van der Waals surface area contributed by atoms with Crippen molar-refractivity contribution in [3.05, 3.63) is 71.5 Å². The van der Waals surface area contributed by atoms with E-state index in [1.165, 1.54) is 0 Å². The van der Waals surface area contributed by atoms with Crippen molar-refractivity contribution in [3.63, 3.8) is 0 Å². The van der Waals surface area contributed by atoms with Crippen LogP contribution < -0.4 is 9.47 Å². The Hall–Kier alpha value is -3.19. The number of ether oxygens (including phenoxy) is 2. The van der Waals surface area contributed by atoms with E-state index in [9.17, 15) is 13.2 Å². The molecule has 0 N–H and O–H groups in total. The Bertz CT molecular complexity index is 1370. The van der Waals surface area contributed by atoms with Crippen molar-refractivity contribution < 1.29 is 22.7 Å². The van der Waals surface area contributed by atoms with Gasteiger partial charge in [0.15, 0.2) is 21.3 Å². The molecule has 0 bridgehead atoms. The molecule has 0 atom stereocenters. The van der Waals surface area contributed by atoms with Crippen molar-refractivity contribution in [2.75, 3.05) is 6.79 Å². The maximum Gasteiger partial charge on any atom is 0.231 e. The lowest BCUT2D eigenvalue weighted by Gasteiger charge is -2.16. The number of Topliss-reactive ketones (excluding diaryl/α,β-unsaturated/α-hetero) is 1. The topological polar surface area (TPSA) is 82.6 Å². The predicted molar refractivity (Wildman–Crippen MR) is 129 cm³/mol. The number of nitrogens with zero attached hydrogens (tertiary/aromatic N) is 1. The number of aromatic nitrogens is 1. The molecule has 0 radical (unpaired) electrons. The average molecular weight is 478 g/mol. The summed E-state index contributed by atoms with van der Waals surface area (Å²) in [7, 11) is -3.33. The molecule has 0 saturated heterocycles. The molecule has 0 unspecified atom stereocenters. The van der Waals surface area contributed by atoms with Crippen molar-refractivity contribution in [2.24, 2.45) is 0 Å². The Kier molecular flexibility index (Phi) is 5.47. The van der Waals surface area contributed by atoms with Crippen LogP contribution in [0.3, 0.4) is 0 Å². The molecule has 2 aliphatic rings. The Balaban J connectivity index is 1.39. The quantitative estimate of drug-likeness (QED) is 0.486. The first-order valence-corrected chi connectivity index (χ1v) is 13.0. The van der Waals surface area contributed by atoms with E-state index in [1.807, 2.05) is 31.2 Å². The van der Waals surface area contributed by atoms with Crippen LogP contribution in [0, 0.1) is 6.92 Å². The first kappa shape index (κ1) is 22.6. The first-order valence-electron chi connectivity index (χ1n) is 11.4. The van der Waals surface area contributed by atoms with Crippen molar-refractivity contribution in [1.82, 2.24) is 4.98 Å². The van der Waals surface area contributed by atoms with Crippen molar-refractivity contribution in [3.8, 4) is 22.6 Å². The van der Waals surface area contributed by atoms with Crippen LogP contribution in [0.2, 0.25) is 0 Å². The molecule has 1 saturated carbocycles. The Morgan fingerprint density at radius 1 is 1.03 bits per heavy atom. The van der Waals surface area contributed by atoms with Gasteiger partial charge in [-0.1, -0.05) is 18.2 Å². The van der Waals surface area contributed by atoms with Crippen LogP contribution in [-0.2, 0) is 26.5 Å². The van der Waals surface area contributed by atoms with E-state index in [1.54, 1.807) is 44.3 Å². The normalized spacial score (nSPS) is 16.0. The fourth-order valence-corrected chi connectivity index (χ4v) is 5.52. The van der Waals surface area contributed by atoms with Crippen molar-refractivity contribution >= 4 is 15.6 Å². The molecule has 0 spiro atoms. The fourth-order valence-electron chi connectivity index (χ4n) is 4.46. The number of carbonyl (C=O) groups excluding carboxylic acids is 1. The zero-order valence-electron chi connectivity index (χ0n) is 19.5. The molecule has 6 nitrogen and oxygen atoms in total. The maximum absolute atomic E-state index is 13.4. The number of hydrogen-bond acceptors (Lipinski definition) is 6. The van der Waals surface area contributed by atoms with E-state index in [0.29, 0.717) is 16.4 Å². The lowest BCUT2D eigenvalue weighted by Crippen LogP contribution is -2.22. The van der Waals surface area contributed by atoms with Crippen LogP contribution >= 0.6 is 0 Å². The van der Waals surface area contributed by atoms with Gasteiger partial charge in [-0.3, -0.25) is 9.78 Å². The van der Waals surface area contributed by atoms with Crippen molar-refractivity contribution in [1.29, 1.82) is 0 Å². The molecular formula is C27H27NO5S. The molecule has 1 fully saturated rings. The third kappa shape index (κ3) is 3.88.